The van der Waals surface area contributed by atoms with Gasteiger partial charge in [-0.3, -0.25) is 4.90 Å². The average Bonchev–Trinajstić information content (AvgIpc) is 2.29. The third-order valence-corrected chi connectivity index (χ3v) is 3.39. The molecule has 1 fully saturated rings. The Balaban J connectivity index is 2.24. The minimum atomic E-state index is 0.199. The van der Waals surface area contributed by atoms with Gasteiger partial charge in [0.25, 0.3) is 0 Å². The second-order valence-electron chi connectivity index (χ2n) is 4.82. The lowest BCUT2D eigenvalue weighted by Gasteiger charge is -2.39. The molecule has 1 aliphatic rings. The van der Waals surface area contributed by atoms with E-state index < -0.39 is 0 Å². The molecule has 0 aromatic carbocycles. The lowest BCUT2D eigenvalue weighted by molar-refractivity contribution is 0.125. The van der Waals surface area contributed by atoms with Gasteiger partial charge in [-0.15, -0.1) is 0 Å². The van der Waals surface area contributed by atoms with Crippen molar-refractivity contribution >= 4 is 0 Å². The third-order valence-electron chi connectivity index (χ3n) is 3.39. The molecule has 1 aliphatic heterocycles. The van der Waals surface area contributed by atoms with Gasteiger partial charge in [0, 0.05) is 12.2 Å². The van der Waals surface area contributed by atoms with Gasteiger partial charge in [0.1, 0.15) is 5.82 Å². The fourth-order valence-electron chi connectivity index (χ4n) is 2.68. The molecular weight excluding hydrogens is 212 g/mol. The van der Waals surface area contributed by atoms with E-state index in [9.17, 15) is 0 Å². The molecule has 0 spiro atoms. The van der Waals surface area contributed by atoms with Crippen LogP contribution in [-0.4, -0.2) is 34.0 Å². The molecule has 2 atom stereocenters. The van der Waals surface area contributed by atoms with E-state index in [2.05, 4.69) is 21.8 Å². The predicted octanol–water partition coefficient (Wildman–Crippen LogP) is 1.66. The highest BCUT2D eigenvalue weighted by atomic mass is 15.2. The van der Waals surface area contributed by atoms with Gasteiger partial charge in [0.2, 0.25) is 0 Å². The molecule has 2 rings (SSSR count). The van der Waals surface area contributed by atoms with Crippen LogP contribution in [0.5, 0.6) is 0 Å². The van der Waals surface area contributed by atoms with Crippen molar-refractivity contribution < 1.29 is 0 Å². The van der Waals surface area contributed by atoms with E-state index in [1.807, 2.05) is 19.2 Å². The normalized spacial score (nSPS) is 26.1. The van der Waals surface area contributed by atoms with Crippen LogP contribution in [0.15, 0.2) is 12.3 Å². The first-order valence-corrected chi connectivity index (χ1v) is 6.51. The first-order valence-electron chi connectivity index (χ1n) is 6.51. The number of likely N-dealkylation sites (tertiary alicyclic amines) is 1. The van der Waals surface area contributed by atoms with Crippen LogP contribution in [0.25, 0.3) is 0 Å². The van der Waals surface area contributed by atoms with Crippen molar-refractivity contribution in [2.45, 2.75) is 45.2 Å². The van der Waals surface area contributed by atoms with Crippen molar-refractivity contribution in [3.63, 3.8) is 0 Å². The van der Waals surface area contributed by atoms with Gasteiger partial charge in [0.05, 0.1) is 11.7 Å². The fraction of sp³-hybridized carbons (Fsp3) is 0.692. The highest BCUT2D eigenvalue weighted by Crippen LogP contribution is 2.28. The number of rotatable bonds is 3. The van der Waals surface area contributed by atoms with E-state index >= 15 is 0 Å². The second-order valence-corrected chi connectivity index (χ2v) is 4.82. The molecule has 0 saturated carbocycles. The van der Waals surface area contributed by atoms with Gasteiger partial charge < -0.3 is 5.73 Å². The van der Waals surface area contributed by atoms with Crippen LogP contribution in [0.3, 0.4) is 0 Å². The maximum Gasteiger partial charge on any atom is 0.125 e. The number of hydrogen-bond donors (Lipinski definition) is 1. The molecule has 1 aromatic heterocycles. The summed E-state index contributed by atoms with van der Waals surface area (Å²) in [4.78, 5) is 11.2. The zero-order valence-corrected chi connectivity index (χ0v) is 10.8. The predicted molar refractivity (Wildman–Crippen MR) is 68.6 cm³/mol. The van der Waals surface area contributed by atoms with Crippen molar-refractivity contribution in [3.05, 3.63) is 23.8 Å². The summed E-state index contributed by atoms with van der Waals surface area (Å²) in [6.45, 7) is 6.38. The van der Waals surface area contributed by atoms with E-state index in [4.69, 9.17) is 5.73 Å². The lowest BCUT2D eigenvalue weighted by atomic mass is 9.94. The molecule has 4 nitrogen and oxygen atoms in total. The summed E-state index contributed by atoms with van der Waals surface area (Å²) in [5.74, 6) is 0.830. The Morgan fingerprint density at radius 3 is 3.06 bits per heavy atom. The zero-order chi connectivity index (χ0) is 12.3. The van der Waals surface area contributed by atoms with Gasteiger partial charge in [0.15, 0.2) is 0 Å². The largest absolute Gasteiger partial charge is 0.326 e. The highest BCUT2D eigenvalue weighted by molar-refractivity contribution is 5.11. The molecule has 0 aliphatic carbocycles. The quantitative estimate of drug-likeness (QED) is 0.864. The molecule has 1 saturated heterocycles. The highest BCUT2D eigenvalue weighted by Gasteiger charge is 2.30. The number of aromatic nitrogens is 2. The van der Waals surface area contributed by atoms with Crippen molar-refractivity contribution in [2.75, 3.05) is 13.1 Å². The van der Waals surface area contributed by atoms with Crippen LogP contribution >= 0.6 is 0 Å². The molecule has 2 heterocycles. The minimum Gasteiger partial charge on any atom is -0.326 e. The topological polar surface area (TPSA) is 55.0 Å². The summed E-state index contributed by atoms with van der Waals surface area (Å²) < 4.78 is 0. The summed E-state index contributed by atoms with van der Waals surface area (Å²) in [5.41, 5.74) is 7.36. The van der Waals surface area contributed by atoms with Gasteiger partial charge in [-0.2, -0.15) is 0 Å². The van der Waals surface area contributed by atoms with Crippen LogP contribution in [0, 0.1) is 6.92 Å². The standard InChI is InChI=1S/C13H22N4/c1-3-8-17-9-4-5-11(14)13(17)12-6-7-15-10(2)16-12/h6-7,11,13H,3-5,8-9,14H2,1-2H3. The zero-order valence-electron chi connectivity index (χ0n) is 10.8. The van der Waals surface area contributed by atoms with E-state index in [0.717, 1.165) is 37.4 Å². The smallest absolute Gasteiger partial charge is 0.125 e. The maximum atomic E-state index is 6.28. The molecule has 0 amide bonds. The van der Waals surface area contributed by atoms with Crippen LogP contribution in [0.4, 0.5) is 0 Å². The Hall–Kier alpha value is -1.00. The molecule has 0 radical (unpaired) electrons. The molecule has 4 heteroatoms. The molecule has 1 aromatic rings. The number of hydrogen-bond acceptors (Lipinski definition) is 4. The van der Waals surface area contributed by atoms with Gasteiger partial charge in [-0.1, -0.05) is 6.92 Å². The number of aryl methyl sites for hydroxylation is 1. The molecule has 17 heavy (non-hydrogen) atoms. The molecule has 94 valence electrons. The Morgan fingerprint density at radius 1 is 1.53 bits per heavy atom. The van der Waals surface area contributed by atoms with Crippen LogP contribution in [0.1, 0.15) is 43.7 Å². The first kappa shape index (κ1) is 12.5. The molecule has 2 N–H and O–H groups in total. The van der Waals surface area contributed by atoms with E-state index in [1.165, 1.54) is 6.42 Å². The van der Waals surface area contributed by atoms with Gasteiger partial charge in [-0.25, -0.2) is 9.97 Å². The average molecular weight is 234 g/mol. The van der Waals surface area contributed by atoms with Crippen molar-refractivity contribution in [2.24, 2.45) is 5.73 Å². The molecule has 2 unspecified atom stereocenters. The van der Waals surface area contributed by atoms with Gasteiger partial charge >= 0.3 is 0 Å². The minimum absolute atomic E-state index is 0.199. The van der Waals surface area contributed by atoms with E-state index in [1.54, 1.807) is 0 Å². The van der Waals surface area contributed by atoms with Crippen LogP contribution in [0.2, 0.25) is 0 Å². The maximum absolute atomic E-state index is 6.28. The fourth-order valence-corrected chi connectivity index (χ4v) is 2.68. The number of nitrogens with zero attached hydrogens (tertiary/aromatic N) is 3. The summed E-state index contributed by atoms with van der Waals surface area (Å²) in [6, 6.07) is 2.47. The van der Waals surface area contributed by atoms with Crippen LogP contribution < -0.4 is 5.73 Å². The SMILES string of the molecule is CCCN1CCCC(N)C1c1ccnc(C)n1. The van der Waals surface area contributed by atoms with Crippen molar-refractivity contribution in [1.82, 2.24) is 14.9 Å². The summed E-state index contributed by atoms with van der Waals surface area (Å²) >= 11 is 0. The lowest BCUT2D eigenvalue weighted by Crippen LogP contribution is -2.46. The van der Waals surface area contributed by atoms with Gasteiger partial charge in [-0.05, 0) is 45.3 Å². The second kappa shape index (κ2) is 5.56. The molecular formula is C13H22N4. The van der Waals surface area contributed by atoms with E-state index in [0.29, 0.717) is 0 Å². The van der Waals surface area contributed by atoms with Crippen LogP contribution in [-0.2, 0) is 0 Å². The number of piperidine rings is 1. The first-order chi connectivity index (χ1) is 8.22. The Kier molecular flexibility index (Phi) is 4.07. The van der Waals surface area contributed by atoms with E-state index in [-0.39, 0.29) is 12.1 Å². The monoisotopic (exact) mass is 234 g/mol. The molecule has 0 bridgehead atoms. The van der Waals surface area contributed by atoms with Crippen molar-refractivity contribution in [1.29, 1.82) is 0 Å². The Morgan fingerprint density at radius 2 is 2.35 bits per heavy atom. The third kappa shape index (κ3) is 2.82. The number of nitrogens with two attached hydrogens (primary N) is 1. The van der Waals surface area contributed by atoms with Crippen molar-refractivity contribution in [3.8, 4) is 0 Å². The summed E-state index contributed by atoms with van der Waals surface area (Å²) in [7, 11) is 0. The Bertz CT molecular complexity index is 364. The summed E-state index contributed by atoms with van der Waals surface area (Å²) in [5, 5.41) is 0. The Labute approximate surface area is 103 Å². The summed E-state index contributed by atoms with van der Waals surface area (Å²) in [6.07, 6.45) is 5.28.